The third-order valence-corrected chi connectivity index (χ3v) is 4.66. The number of hydrogen-bond donors (Lipinski definition) is 2. The van der Waals surface area contributed by atoms with Crippen molar-refractivity contribution in [1.29, 1.82) is 0 Å². The molecule has 1 spiro atoms. The van der Waals surface area contributed by atoms with Gasteiger partial charge in [0.25, 0.3) is 10.2 Å². The maximum absolute atomic E-state index is 11.3. The van der Waals surface area contributed by atoms with Crippen LogP contribution in [0.25, 0.3) is 0 Å². The average Bonchev–Trinajstić information content (AvgIpc) is 2.43. The van der Waals surface area contributed by atoms with Crippen LogP contribution in [0.4, 0.5) is 0 Å². The highest BCUT2D eigenvalue weighted by molar-refractivity contribution is 7.87. The SMILES string of the molecule is CC(C)N1CCC2(CC1)CNS(=O)(=O)N2. The van der Waals surface area contributed by atoms with Gasteiger partial charge in [-0.25, -0.2) is 4.72 Å². The molecule has 15 heavy (non-hydrogen) atoms. The molecular weight excluding hydrogens is 214 g/mol. The van der Waals surface area contributed by atoms with Crippen LogP contribution in [0.15, 0.2) is 0 Å². The van der Waals surface area contributed by atoms with E-state index in [-0.39, 0.29) is 5.54 Å². The predicted octanol–water partition coefficient (Wildman–Crippen LogP) is -0.333. The van der Waals surface area contributed by atoms with Gasteiger partial charge in [0.1, 0.15) is 0 Å². The van der Waals surface area contributed by atoms with Gasteiger partial charge < -0.3 is 4.90 Å². The second kappa shape index (κ2) is 3.69. The van der Waals surface area contributed by atoms with Gasteiger partial charge in [0, 0.05) is 25.7 Å². The van der Waals surface area contributed by atoms with Crippen molar-refractivity contribution in [3.63, 3.8) is 0 Å². The second-order valence-corrected chi connectivity index (χ2v) is 6.34. The minimum Gasteiger partial charge on any atom is -0.301 e. The van der Waals surface area contributed by atoms with Gasteiger partial charge in [-0.15, -0.1) is 0 Å². The zero-order valence-corrected chi connectivity index (χ0v) is 10.1. The number of rotatable bonds is 1. The Balaban J connectivity index is 1.99. The van der Waals surface area contributed by atoms with Gasteiger partial charge in [0.05, 0.1) is 5.54 Å². The molecule has 0 amide bonds. The lowest BCUT2D eigenvalue weighted by Gasteiger charge is -2.39. The topological polar surface area (TPSA) is 61.4 Å². The highest BCUT2D eigenvalue weighted by Gasteiger charge is 2.43. The average molecular weight is 233 g/mol. The molecule has 2 N–H and O–H groups in total. The summed E-state index contributed by atoms with van der Waals surface area (Å²) in [6.07, 6.45) is 1.80. The van der Waals surface area contributed by atoms with E-state index in [1.807, 2.05) is 0 Å². The van der Waals surface area contributed by atoms with Crippen LogP contribution in [-0.2, 0) is 10.2 Å². The van der Waals surface area contributed by atoms with Crippen molar-refractivity contribution in [2.75, 3.05) is 19.6 Å². The summed E-state index contributed by atoms with van der Waals surface area (Å²) in [7, 11) is -3.21. The Morgan fingerprint density at radius 3 is 2.27 bits per heavy atom. The molecule has 6 heteroatoms. The van der Waals surface area contributed by atoms with Crippen molar-refractivity contribution in [2.24, 2.45) is 0 Å². The summed E-state index contributed by atoms with van der Waals surface area (Å²) in [5.41, 5.74) is -0.218. The Bertz CT molecular complexity index is 331. The van der Waals surface area contributed by atoms with E-state index in [0.717, 1.165) is 25.9 Å². The first-order valence-corrected chi connectivity index (χ1v) is 6.93. The summed E-state index contributed by atoms with van der Waals surface area (Å²) < 4.78 is 27.8. The summed E-state index contributed by atoms with van der Waals surface area (Å²) in [4.78, 5) is 2.39. The van der Waals surface area contributed by atoms with E-state index in [4.69, 9.17) is 0 Å². The molecule has 0 aromatic rings. The molecule has 0 aliphatic carbocycles. The summed E-state index contributed by atoms with van der Waals surface area (Å²) in [6.45, 7) is 6.84. The molecule has 0 bridgehead atoms. The van der Waals surface area contributed by atoms with Crippen molar-refractivity contribution < 1.29 is 8.42 Å². The van der Waals surface area contributed by atoms with Gasteiger partial charge in [0.2, 0.25) is 0 Å². The Morgan fingerprint density at radius 2 is 1.87 bits per heavy atom. The van der Waals surface area contributed by atoms with Crippen LogP contribution >= 0.6 is 0 Å². The third-order valence-electron chi connectivity index (χ3n) is 3.44. The third kappa shape index (κ3) is 2.33. The zero-order chi connectivity index (χ0) is 11.1. The van der Waals surface area contributed by atoms with Gasteiger partial charge in [-0.05, 0) is 26.7 Å². The van der Waals surface area contributed by atoms with Crippen molar-refractivity contribution in [2.45, 2.75) is 38.3 Å². The van der Waals surface area contributed by atoms with Crippen molar-refractivity contribution >= 4 is 10.2 Å². The van der Waals surface area contributed by atoms with E-state index in [2.05, 4.69) is 28.2 Å². The van der Waals surface area contributed by atoms with Gasteiger partial charge in [-0.1, -0.05) is 0 Å². The zero-order valence-electron chi connectivity index (χ0n) is 9.28. The van der Waals surface area contributed by atoms with Crippen LogP contribution in [0.5, 0.6) is 0 Å². The van der Waals surface area contributed by atoms with E-state index in [1.165, 1.54) is 0 Å². The van der Waals surface area contributed by atoms with Crippen molar-refractivity contribution in [1.82, 2.24) is 14.3 Å². The van der Waals surface area contributed by atoms with E-state index < -0.39 is 10.2 Å². The molecule has 2 rings (SSSR count). The summed E-state index contributed by atoms with van der Waals surface area (Å²) in [5.74, 6) is 0. The largest absolute Gasteiger partial charge is 0.301 e. The number of likely N-dealkylation sites (tertiary alicyclic amines) is 1. The minimum absolute atomic E-state index is 0.218. The maximum Gasteiger partial charge on any atom is 0.277 e. The molecule has 0 aromatic carbocycles. The van der Waals surface area contributed by atoms with Crippen LogP contribution < -0.4 is 9.44 Å². The molecule has 0 aromatic heterocycles. The summed E-state index contributed by atoms with van der Waals surface area (Å²) in [6, 6.07) is 0.549. The quantitative estimate of drug-likeness (QED) is 0.652. The fourth-order valence-electron chi connectivity index (χ4n) is 2.34. The molecule has 2 aliphatic rings. The summed E-state index contributed by atoms with van der Waals surface area (Å²) >= 11 is 0. The molecule has 5 nitrogen and oxygen atoms in total. The normalized spacial score (nSPS) is 30.1. The standard InChI is InChI=1S/C9H19N3O2S/c1-8(2)12-5-3-9(4-6-12)7-10-15(13,14)11-9/h8,10-11H,3-7H2,1-2H3. The van der Waals surface area contributed by atoms with Crippen molar-refractivity contribution in [3.05, 3.63) is 0 Å². The van der Waals surface area contributed by atoms with Gasteiger partial charge in [-0.2, -0.15) is 13.1 Å². The monoisotopic (exact) mass is 233 g/mol. The minimum atomic E-state index is -3.21. The Labute approximate surface area is 91.4 Å². The maximum atomic E-state index is 11.3. The molecular formula is C9H19N3O2S. The van der Waals surface area contributed by atoms with Gasteiger partial charge in [0.15, 0.2) is 0 Å². The lowest BCUT2D eigenvalue weighted by atomic mass is 9.88. The predicted molar refractivity (Wildman–Crippen MR) is 58.7 cm³/mol. The van der Waals surface area contributed by atoms with Crippen LogP contribution in [0, 0.1) is 0 Å². The number of nitrogens with zero attached hydrogens (tertiary/aromatic N) is 1. The van der Waals surface area contributed by atoms with Gasteiger partial charge in [-0.3, -0.25) is 0 Å². The Kier molecular flexibility index (Phi) is 2.79. The van der Waals surface area contributed by atoms with Crippen LogP contribution in [0.2, 0.25) is 0 Å². The number of hydrogen-bond acceptors (Lipinski definition) is 3. The molecule has 2 fully saturated rings. The smallest absolute Gasteiger partial charge is 0.277 e. The first-order chi connectivity index (χ1) is 6.93. The second-order valence-electron chi connectivity index (χ2n) is 4.84. The first-order valence-electron chi connectivity index (χ1n) is 5.45. The molecule has 0 atom stereocenters. The lowest BCUT2D eigenvalue weighted by molar-refractivity contribution is 0.130. The molecule has 0 unspecified atom stereocenters. The van der Waals surface area contributed by atoms with Crippen LogP contribution in [0.3, 0.4) is 0 Å². The molecule has 88 valence electrons. The highest BCUT2D eigenvalue weighted by atomic mass is 32.2. The van der Waals surface area contributed by atoms with Crippen LogP contribution in [-0.4, -0.2) is 44.5 Å². The van der Waals surface area contributed by atoms with Crippen molar-refractivity contribution in [3.8, 4) is 0 Å². The molecule has 2 saturated heterocycles. The fourth-order valence-corrected chi connectivity index (χ4v) is 3.72. The molecule has 0 radical (unpaired) electrons. The highest BCUT2D eigenvalue weighted by Crippen LogP contribution is 2.26. The Morgan fingerprint density at radius 1 is 1.27 bits per heavy atom. The van der Waals surface area contributed by atoms with Gasteiger partial charge >= 0.3 is 0 Å². The van der Waals surface area contributed by atoms with E-state index in [1.54, 1.807) is 0 Å². The lowest BCUT2D eigenvalue weighted by Crippen LogP contribution is -2.53. The fraction of sp³-hybridized carbons (Fsp3) is 1.00. The molecule has 2 aliphatic heterocycles. The molecule has 0 saturated carbocycles. The van der Waals surface area contributed by atoms with E-state index in [9.17, 15) is 8.42 Å². The first kappa shape index (κ1) is 11.3. The van der Waals surface area contributed by atoms with Crippen LogP contribution in [0.1, 0.15) is 26.7 Å². The number of nitrogens with one attached hydrogen (secondary N) is 2. The number of piperidine rings is 1. The van der Waals surface area contributed by atoms with E-state index >= 15 is 0 Å². The molecule has 2 heterocycles. The Hall–Kier alpha value is -0.170. The van der Waals surface area contributed by atoms with E-state index in [0.29, 0.717) is 12.6 Å². The summed E-state index contributed by atoms with van der Waals surface area (Å²) in [5, 5.41) is 0.